The van der Waals surface area contributed by atoms with Crippen molar-refractivity contribution in [3.8, 4) is 0 Å². The standard InChI is InChI=1S/C19H15N3O5S/c1-12-2-8-15-16(10-12)28-19(20-15)21-17(23)11-27-18(24)9-5-13-3-6-14(7-4-13)22(25)26/h2-10H,11H2,1H3,(H,20,21,23)/b9-5+. The van der Waals surface area contributed by atoms with Gasteiger partial charge < -0.3 is 4.74 Å². The number of rotatable bonds is 6. The zero-order chi connectivity index (χ0) is 20.1. The van der Waals surface area contributed by atoms with Crippen LogP contribution in [0.5, 0.6) is 0 Å². The first-order chi connectivity index (χ1) is 13.4. The molecule has 2 aromatic carbocycles. The number of hydrogen-bond donors (Lipinski definition) is 1. The number of non-ortho nitro benzene ring substituents is 1. The molecule has 0 saturated heterocycles. The molecule has 28 heavy (non-hydrogen) atoms. The second-order valence-electron chi connectivity index (χ2n) is 5.83. The van der Waals surface area contributed by atoms with E-state index in [1.165, 1.54) is 41.7 Å². The Hall–Kier alpha value is -3.59. The predicted octanol–water partition coefficient (Wildman–Crippen LogP) is 3.71. The van der Waals surface area contributed by atoms with Crippen molar-refractivity contribution in [1.29, 1.82) is 0 Å². The van der Waals surface area contributed by atoms with Gasteiger partial charge in [0.25, 0.3) is 11.6 Å². The lowest BCUT2D eigenvalue weighted by atomic mass is 10.2. The summed E-state index contributed by atoms with van der Waals surface area (Å²) in [7, 11) is 0. The molecule has 0 aliphatic carbocycles. The van der Waals surface area contributed by atoms with E-state index in [2.05, 4.69) is 10.3 Å². The molecule has 0 radical (unpaired) electrons. The highest BCUT2D eigenvalue weighted by atomic mass is 32.1. The predicted molar refractivity (Wildman–Crippen MR) is 106 cm³/mol. The molecule has 9 heteroatoms. The Labute approximate surface area is 163 Å². The Morgan fingerprint density at radius 1 is 1.25 bits per heavy atom. The summed E-state index contributed by atoms with van der Waals surface area (Å²) in [6.45, 7) is 1.53. The number of carbonyl (C=O) groups excluding carboxylic acids is 2. The maximum Gasteiger partial charge on any atom is 0.331 e. The zero-order valence-electron chi connectivity index (χ0n) is 14.7. The molecule has 3 rings (SSSR count). The number of esters is 1. The quantitative estimate of drug-likeness (QED) is 0.294. The molecule has 0 bridgehead atoms. The van der Waals surface area contributed by atoms with Gasteiger partial charge >= 0.3 is 5.97 Å². The van der Waals surface area contributed by atoms with Gasteiger partial charge in [0, 0.05) is 18.2 Å². The molecule has 142 valence electrons. The number of aryl methyl sites for hydroxylation is 1. The van der Waals surface area contributed by atoms with Gasteiger partial charge in [0.15, 0.2) is 11.7 Å². The fourth-order valence-electron chi connectivity index (χ4n) is 2.30. The monoisotopic (exact) mass is 397 g/mol. The molecule has 1 N–H and O–H groups in total. The second-order valence-corrected chi connectivity index (χ2v) is 6.86. The average Bonchev–Trinajstić information content (AvgIpc) is 3.06. The SMILES string of the molecule is Cc1ccc2nc(NC(=O)COC(=O)/C=C/c3ccc([N+](=O)[O-])cc3)sc2c1. The lowest BCUT2D eigenvalue weighted by Crippen LogP contribution is -2.19. The van der Waals surface area contributed by atoms with Gasteiger partial charge in [0.05, 0.1) is 15.1 Å². The lowest BCUT2D eigenvalue weighted by Gasteiger charge is -2.02. The van der Waals surface area contributed by atoms with Gasteiger partial charge in [-0.3, -0.25) is 20.2 Å². The number of carbonyl (C=O) groups is 2. The van der Waals surface area contributed by atoms with Gasteiger partial charge in [0.1, 0.15) is 0 Å². The first-order valence-corrected chi connectivity index (χ1v) is 8.99. The number of amides is 1. The number of anilines is 1. The molecule has 1 heterocycles. The first kappa shape index (κ1) is 19.2. The minimum absolute atomic E-state index is 0.0404. The summed E-state index contributed by atoms with van der Waals surface area (Å²) in [6, 6.07) is 11.5. The van der Waals surface area contributed by atoms with Gasteiger partial charge in [-0.25, -0.2) is 9.78 Å². The third-order valence-corrected chi connectivity index (χ3v) is 4.59. The molecule has 0 aliphatic heterocycles. The number of benzene rings is 2. The number of nitro groups is 1. The average molecular weight is 397 g/mol. The summed E-state index contributed by atoms with van der Waals surface area (Å²) in [6.07, 6.45) is 2.59. The molecule has 0 aliphatic rings. The zero-order valence-corrected chi connectivity index (χ0v) is 15.6. The van der Waals surface area contributed by atoms with Crippen LogP contribution in [0.3, 0.4) is 0 Å². The van der Waals surface area contributed by atoms with E-state index in [0.29, 0.717) is 10.7 Å². The molecule has 0 spiro atoms. The highest BCUT2D eigenvalue weighted by Crippen LogP contribution is 2.26. The summed E-state index contributed by atoms with van der Waals surface area (Å²) < 4.78 is 5.84. The molecule has 3 aromatic rings. The lowest BCUT2D eigenvalue weighted by molar-refractivity contribution is -0.384. The van der Waals surface area contributed by atoms with Crippen molar-refractivity contribution in [2.75, 3.05) is 11.9 Å². The number of aromatic nitrogens is 1. The molecule has 0 atom stereocenters. The molecule has 0 unspecified atom stereocenters. The molecule has 0 saturated carbocycles. The molecule has 8 nitrogen and oxygen atoms in total. The van der Waals surface area contributed by atoms with Crippen LogP contribution in [0.25, 0.3) is 16.3 Å². The Kier molecular flexibility index (Phi) is 5.75. The summed E-state index contributed by atoms with van der Waals surface area (Å²) in [5.41, 5.74) is 2.44. The maximum atomic E-state index is 11.9. The Morgan fingerprint density at radius 2 is 2.00 bits per heavy atom. The van der Waals surface area contributed by atoms with Crippen LogP contribution in [-0.4, -0.2) is 28.4 Å². The number of thiazole rings is 1. The Balaban J connectivity index is 1.50. The van der Waals surface area contributed by atoms with E-state index >= 15 is 0 Å². The van der Waals surface area contributed by atoms with Gasteiger partial charge in [-0.05, 0) is 48.4 Å². The normalized spacial score (nSPS) is 10.9. The van der Waals surface area contributed by atoms with E-state index < -0.39 is 23.4 Å². The van der Waals surface area contributed by atoms with E-state index in [0.717, 1.165) is 21.9 Å². The largest absolute Gasteiger partial charge is 0.452 e. The van der Waals surface area contributed by atoms with E-state index in [4.69, 9.17) is 4.74 Å². The van der Waals surface area contributed by atoms with E-state index in [9.17, 15) is 19.7 Å². The van der Waals surface area contributed by atoms with Crippen molar-refractivity contribution < 1.29 is 19.2 Å². The molecule has 1 aromatic heterocycles. The van der Waals surface area contributed by atoms with E-state index in [1.807, 2.05) is 25.1 Å². The van der Waals surface area contributed by atoms with Crippen molar-refractivity contribution in [3.63, 3.8) is 0 Å². The molecular weight excluding hydrogens is 382 g/mol. The highest BCUT2D eigenvalue weighted by molar-refractivity contribution is 7.22. The van der Waals surface area contributed by atoms with E-state index in [-0.39, 0.29) is 5.69 Å². The van der Waals surface area contributed by atoms with Crippen LogP contribution in [-0.2, 0) is 14.3 Å². The highest BCUT2D eigenvalue weighted by Gasteiger charge is 2.10. The molecular formula is C19H15N3O5S. The summed E-state index contributed by atoms with van der Waals surface area (Å²) in [4.78, 5) is 38.0. The number of ether oxygens (including phenoxy) is 1. The van der Waals surface area contributed by atoms with Crippen LogP contribution >= 0.6 is 11.3 Å². The van der Waals surface area contributed by atoms with Crippen molar-refractivity contribution >= 4 is 50.3 Å². The van der Waals surface area contributed by atoms with Crippen LogP contribution < -0.4 is 5.32 Å². The van der Waals surface area contributed by atoms with Gasteiger partial charge in [-0.15, -0.1) is 0 Å². The number of nitrogens with zero attached hydrogens (tertiary/aromatic N) is 2. The second kappa shape index (κ2) is 8.40. The van der Waals surface area contributed by atoms with Crippen molar-refractivity contribution in [3.05, 3.63) is 69.8 Å². The summed E-state index contributed by atoms with van der Waals surface area (Å²) >= 11 is 1.34. The Morgan fingerprint density at radius 3 is 2.71 bits per heavy atom. The van der Waals surface area contributed by atoms with Crippen molar-refractivity contribution in [1.82, 2.24) is 4.98 Å². The number of nitro benzene ring substituents is 1. The third kappa shape index (κ3) is 4.98. The van der Waals surface area contributed by atoms with Gasteiger partial charge in [-0.1, -0.05) is 17.4 Å². The molecule has 0 fully saturated rings. The fraction of sp³-hybridized carbons (Fsp3) is 0.105. The van der Waals surface area contributed by atoms with E-state index in [1.54, 1.807) is 0 Å². The first-order valence-electron chi connectivity index (χ1n) is 8.17. The molecule has 1 amide bonds. The fourth-order valence-corrected chi connectivity index (χ4v) is 3.28. The topological polar surface area (TPSA) is 111 Å². The summed E-state index contributed by atoms with van der Waals surface area (Å²) in [5.74, 6) is -1.19. The Bertz CT molecular complexity index is 1070. The van der Waals surface area contributed by atoms with Crippen LogP contribution in [0.4, 0.5) is 10.8 Å². The van der Waals surface area contributed by atoms with Crippen LogP contribution in [0, 0.1) is 17.0 Å². The summed E-state index contributed by atoms with van der Waals surface area (Å²) in [5, 5.41) is 13.6. The van der Waals surface area contributed by atoms with Crippen LogP contribution in [0.15, 0.2) is 48.5 Å². The number of fused-ring (bicyclic) bond motifs is 1. The van der Waals surface area contributed by atoms with Gasteiger partial charge in [0.2, 0.25) is 0 Å². The van der Waals surface area contributed by atoms with Crippen LogP contribution in [0.2, 0.25) is 0 Å². The van der Waals surface area contributed by atoms with Crippen molar-refractivity contribution in [2.24, 2.45) is 0 Å². The third-order valence-electron chi connectivity index (χ3n) is 3.65. The van der Waals surface area contributed by atoms with Crippen LogP contribution in [0.1, 0.15) is 11.1 Å². The number of hydrogen-bond acceptors (Lipinski definition) is 7. The maximum absolute atomic E-state index is 11.9. The van der Waals surface area contributed by atoms with Gasteiger partial charge in [-0.2, -0.15) is 0 Å². The smallest absolute Gasteiger partial charge is 0.331 e. The number of nitrogens with one attached hydrogen (secondary N) is 1. The minimum atomic E-state index is -0.701. The minimum Gasteiger partial charge on any atom is -0.452 e. The van der Waals surface area contributed by atoms with Crippen molar-refractivity contribution in [2.45, 2.75) is 6.92 Å².